The highest BCUT2D eigenvalue weighted by Crippen LogP contribution is 2.34. The Morgan fingerprint density at radius 2 is 1.76 bits per heavy atom. The third-order valence-corrected chi connectivity index (χ3v) is 4.11. The molecule has 4 heteroatoms. The van der Waals surface area contributed by atoms with Gasteiger partial charge in [0.25, 0.3) is 0 Å². The second-order valence-electron chi connectivity index (χ2n) is 6.05. The minimum atomic E-state index is -0.227. The largest absolute Gasteiger partial charge is 0.493 e. The molecule has 0 aromatic heterocycles. The van der Waals surface area contributed by atoms with E-state index in [1.54, 1.807) is 14.2 Å². The lowest BCUT2D eigenvalue weighted by molar-refractivity contribution is 0.117. The molecule has 1 aliphatic rings. The summed E-state index contributed by atoms with van der Waals surface area (Å²) in [4.78, 5) is 2.28. The Hall–Kier alpha value is -1.73. The third kappa shape index (κ3) is 3.48. The van der Waals surface area contributed by atoms with E-state index in [-0.39, 0.29) is 6.04 Å². The standard InChI is InChI=1S/C17H24N2O2/c1-12-7-13(2)11-19(10-12)15(9-18)14-5-6-16(20-3)17(8-14)21-4/h5-6,8,12-13,15H,7,10-11H2,1-4H3. The highest BCUT2D eigenvalue weighted by Gasteiger charge is 2.28. The first-order chi connectivity index (χ1) is 10.1. The van der Waals surface area contributed by atoms with E-state index >= 15 is 0 Å². The topological polar surface area (TPSA) is 45.5 Å². The fourth-order valence-electron chi connectivity index (χ4n) is 3.31. The van der Waals surface area contributed by atoms with Gasteiger partial charge in [-0.05, 0) is 36.0 Å². The minimum absolute atomic E-state index is 0.227. The van der Waals surface area contributed by atoms with Gasteiger partial charge in [-0.1, -0.05) is 19.9 Å². The van der Waals surface area contributed by atoms with Crippen LogP contribution in [0, 0.1) is 23.2 Å². The maximum absolute atomic E-state index is 9.63. The molecule has 0 amide bonds. The predicted molar refractivity (Wildman–Crippen MR) is 82.4 cm³/mol. The van der Waals surface area contributed by atoms with Gasteiger partial charge in [-0.15, -0.1) is 0 Å². The number of nitriles is 1. The van der Waals surface area contributed by atoms with Crippen LogP contribution in [0.5, 0.6) is 11.5 Å². The van der Waals surface area contributed by atoms with Gasteiger partial charge < -0.3 is 9.47 Å². The van der Waals surface area contributed by atoms with Crippen LogP contribution in [0.15, 0.2) is 18.2 Å². The number of methoxy groups -OCH3 is 2. The van der Waals surface area contributed by atoms with Gasteiger partial charge in [0.05, 0.1) is 20.3 Å². The Balaban J connectivity index is 2.27. The number of hydrogen-bond donors (Lipinski definition) is 0. The van der Waals surface area contributed by atoms with Gasteiger partial charge in [-0.3, -0.25) is 4.90 Å². The van der Waals surface area contributed by atoms with Crippen molar-refractivity contribution in [3.05, 3.63) is 23.8 Å². The average molecular weight is 288 g/mol. The Labute approximate surface area is 127 Å². The number of piperidine rings is 1. The number of benzene rings is 1. The molecular formula is C17H24N2O2. The van der Waals surface area contributed by atoms with Crippen molar-refractivity contribution in [1.82, 2.24) is 4.90 Å². The molecule has 3 unspecified atom stereocenters. The van der Waals surface area contributed by atoms with Crippen LogP contribution in [0.25, 0.3) is 0 Å². The monoisotopic (exact) mass is 288 g/mol. The molecule has 1 heterocycles. The molecule has 1 aromatic carbocycles. The molecule has 1 fully saturated rings. The first-order valence-corrected chi connectivity index (χ1v) is 7.44. The number of nitrogens with zero attached hydrogens (tertiary/aromatic N) is 2. The maximum Gasteiger partial charge on any atom is 0.161 e. The number of rotatable bonds is 4. The summed E-state index contributed by atoms with van der Waals surface area (Å²) in [7, 11) is 3.24. The molecule has 1 aliphatic heterocycles. The van der Waals surface area contributed by atoms with Gasteiger partial charge in [0, 0.05) is 13.1 Å². The van der Waals surface area contributed by atoms with Gasteiger partial charge in [0.2, 0.25) is 0 Å². The predicted octanol–water partition coefficient (Wildman–Crippen LogP) is 3.25. The summed E-state index contributed by atoms with van der Waals surface area (Å²) in [5.74, 6) is 2.63. The lowest BCUT2D eigenvalue weighted by Crippen LogP contribution is -2.40. The van der Waals surface area contributed by atoms with E-state index in [4.69, 9.17) is 9.47 Å². The van der Waals surface area contributed by atoms with Gasteiger partial charge in [0.1, 0.15) is 6.04 Å². The lowest BCUT2D eigenvalue weighted by atomic mass is 9.90. The van der Waals surface area contributed by atoms with Crippen molar-refractivity contribution in [3.63, 3.8) is 0 Å². The second-order valence-corrected chi connectivity index (χ2v) is 6.05. The summed E-state index contributed by atoms with van der Waals surface area (Å²) >= 11 is 0. The molecule has 4 nitrogen and oxygen atoms in total. The summed E-state index contributed by atoms with van der Waals surface area (Å²) in [5, 5.41) is 9.63. The summed E-state index contributed by atoms with van der Waals surface area (Å²) in [6.45, 7) is 6.45. The third-order valence-electron chi connectivity index (χ3n) is 4.11. The first-order valence-electron chi connectivity index (χ1n) is 7.44. The Bertz CT molecular complexity index is 514. The molecule has 0 spiro atoms. The van der Waals surface area contributed by atoms with Crippen LogP contribution in [0.3, 0.4) is 0 Å². The van der Waals surface area contributed by atoms with Crippen LogP contribution in [0.1, 0.15) is 31.9 Å². The minimum Gasteiger partial charge on any atom is -0.493 e. The van der Waals surface area contributed by atoms with E-state index in [9.17, 15) is 5.26 Å². The van der Waals surface area contributed by atoms with Crippen molar-refractivity contribution in [2.45, 2.75) is 26.3 Å². The molecule has 0 radical (unpaired) electrons. The fourth-order valence-corrected chi connectivity index (χ4v) is 3.31. The summed E-state index contributed by atoms with van der Waals surface area (Å²) < 4.78 is 10.6. The number of hydrogen-bond acceptors (Lipinski definition) is 4. The van der Waals surface area contributed by atoms with E-state index in [2.05, 4.69) is 24.8 Å². The molecule has 0 saturated carbocycles. The second kappa shape index (κ2) is 6.82. The van der Waals surface area contributed by atoms with Gasteiger partial charge in [0.15, 0.2) is 11.5 Å². The summed E-state index contributed by atoms with van der Waals surface area (Å²) in [6, 6.07) is 7.96. The Morgan fingerprint density at radius 3 is 2.29 bits per heavy atom. The Kier molecular flexibility index (Phi) is 5.08. The highest BCUT2D eigenvalue weighted by atomic mass is 16.5. The Morgan fingerprint density at radius 1 is 1.14 bits per heavy atom. The van der Waals surface area contributed by atoms with E-state index in [0.29, 0.717) is 23.3 Å². The smallest absolute Gasteiger partial charge is 0.161 e. The van der Waals surface area contributed by atoms with Crippen LogP contribution in [-0.4, -0.2) is 32.2 Å². The van der Waals surface area contributed by atoms with E-state index in [0.717, 1.165) is 18.7 Å². The first kappa shape index (κ1) is 15.7. The van der Waals surface area contributed by atoms with Crippen molar-refractivity contribution in [2.75, 3.05) is 27.3 Å². The molecule has 0 aliphatic carbocycles. The van der Waals surface area contributed by atoms with E-state index < -0.39 is 0 Å². The molecule has 2 rings (SSSR count). The molecule has 3 atom stereocenters. The van der Waals surface area contributed by atoms with Crippen LogP contribution >= 0.6 is 0 Å². The van der Waals surface area contributed by atoms with Crippen molar-refractivity contribution >= 4 is 0 Å². The number of likely N-dealkylation sites (tertiary alicyclic amines) is 1. The summed E-state index contributed by atoms with van der Waals surface area (Å²) in [6.07, 6.45) is 1.24. The molecule has 114 valence electrons. The average Bonchev–Trinajstić information content (AvgIpc) is 2.46. The van der Waals surface area contributed by atoms with Crippen LogP contribution in [0.4, 0.5) is 0 Å². The maximum atomic E-state index is 9.63. The molecule has 0 bridgehead atoms. The summed E-state index contributed by atoms with van der Waals surface area (Å²) in [5.41, 5.74) is 0.969. The van der Waals surface area contributed by atoms with Gasteiger partial charge in [-0.25, -0.2) is 0 Å². The quantitative estimate of drug-likeness (QED) is 0.853. The molecule has 1 aromatic rings. The highest BCUT2D eigenvalue weighted by molar-refractivity contribution is 5.44. The SMILES string of the molecule is COc1ccc(C(C#N)N2CC(C)CC(C)C2)cc1OC. The van der Waals surface area contributed by atoms with E-state index in [1.807, 2.05) is 18.2 Å². The van der Waals surface area contributed by atoms with Crippen molar-refractivity contribution in [1.29, 1.82) is 5.26 Å². The molecule has 0 N–H and O–H groups in total. The zero-order valence-electron chi connectivity index (χ0n) is 13.3. The van der Waals surface area contributed by atoms with Gasteiger partial charge in [-0.2, -0.15) is 5.26 Å². The molecule has 1 saturated heterocycles. The normalized spacial score (nSPS) is 24.1. The molecule has 21 heavy (non-hydrogen) atoms. The van der Waals surface area contributed by atoms with Crippen molar-refractivity contribution in [3.8, 4) is 17.6 Å². The van der Waals surface area contributed by atoms with Crippen LogP contribution in [0.2, 0.25) is 0 Å². The van der Waals surface area contributed by atoms with Crippen LogP contribution in [-0.2, 0) is 0 Å². The van der Waals surface area contributed by atoms with Crippen LogP contribution < -0.4 is 9.47 Å². The van der Waals surface area contributed by atoms with Crippen molar-refractivity contribution < 1.29 is 9.47 Å². The van der Waals surface area contributed by atoms with Crippen molar-refractivity contribution in [2.24, 2.45) is 11.8 Å². The zero-order chi connectivity index (χ0) is 15.4. The zero-order valence-corrected chi connectivity index (χ0v) is 13.3. The fraction of sp³-hybridized carbons (Fsp3) is 0.588. The number of ether oxygens (including phenoxy) is 2. The lowest BCUT2D eigenvalue weighted by Gasteiger charge is -2.37. The van der Waals surface area contributed by atoms with Gasteiger partial charge >= 0.3 is 0 Å². The van der Waals surface area contributed by atoms with E-state index in [1.165, 1.54) is 6.42 Å². The molecular weight excluding hydrogens is 264 g/mol.